The van der Waals surface area contributed by atoms with Crippen molar-refractivity contribution in [1.29, 1.82) is 0 Å². The van der Waals surface area contributed by atoms with Gasteiger partial charge in [0.1, 0.15) is 17.1 Å². The second kappa shape index (κ2) is 10.3. The standard InChI is InChI=1S/C20H19BFNO7S/c1-31-10-16(24)23-15-9-13-7-8-14(22)17(18(13)30-21(15)27)20(26)29-11-28-19(25)12-5-3-2-4-6-12/h2-8,15,27H,9-11H2,1H3,(H,23,24)/t15-/m0/s1. The lowest BCUT2D eigenvalue weighted by Crippen LogP contribution is -2.53. The van der Waals surface area contributed by atoms with Gasteiger partial charge >= 0.3 is 19.1 Å². The number of hydrogen-bond acceptors (Lipinski definition) is 8. The first-order valence-corrected chi connectivity index (χ1v) is 10.6. The van der Waals surface area contributed by atoms with Crippen LogP contribution in [-0.4, -0.2) is 54.7 Å². The predicted octanol–water partition coefficient (Wildman–Crippen LogP) is 1.60. The second-order valence-electron chi connectivity index (χ2n) is 6.58. The molecule has 31 heavy (non-hydrogen) atoms. The number of ether oxygens (including phenoxy) is 2. The Morgan fingerprint density at radius 1 is 1.19 bits per heavy atom. The minimum atomic E-state index is -1.48. The molecule has 0 saturated heterocycles. The number of amides is 1. The van der Waals surface area contributed by atoms with Crippen molar-refractivity contribution < 1.29 is 37.9 Å². The third-order valence-corrected chi connectivity index (χ3v) is 4.98. The fraction of sp³-hybridized carbons (Fsp3) is 0.250. The highest BCUT2D eigenvalue weighted by Gasteiger charge is 2.39. The van der Waals surface area contributed by atoms with Gasteiger partial charge in [0.15, 0.2) is 0 Å². The fourth-order valence-corrected chi connectivity index (χ4v) is 3.34. The highest BCUT2D eigenvalue weighted by atomic mass is 32.2. The Hall–Kier alpha value is -3.05. The number of rotatable bonds is 7. The van der Waals surface area contributed by atoms with Crippen LogP contribution in [-0.2, 0) is 20.7 Å². The number of benzene rings is 2. The van der Waals surface area contributed by atoms with Crippen molar-refractivity contribution in [2.75, 3.05) is 18.8 Å². The van der Waals surface area contributed by atoms with E-state index in [-0.39, 0.29) is 29.4 Å². The van der Waals surface area contributed by atoms with Gasteiger partial charge in [-0.1, -0.05) is 24.3 Å². The Labute approximate surface area is 182 Å². The van der Waals surface area contributed by atoms with Gasteiger partial charge in [-0.3, -0.25) is 4.79 Å². The van der Waals surface area contributed by atoms with Crippen LogP contribution in [0.2, 0.25) is 0 Å². The van der Waals surface area contributed by atoms with E-state index in [0.717, 1.165) is 6.07 Å². The molecule has 1 atom stereocenters. The summed E-state index contributed by atoms with van der Waals surface area (Å²) in [6, 6.07) is 10.5. The minimum Gasteiger partial charge on any atom is -0.534 e. The molecule has 1 heterocycles. The van der Waals surface area contributed by atoms with Gasteiger partial charge in [0, 0.05) is 0 Å². The third-order valence-electron chi connectivity index (χ3n) is 4.43. The van der Waals surface area contributed by atoms with E-state index in [2.05, 4.69) is 5.32 Å². The van der Waals surface area contributed by atoms with Crippen molar-refractivity contribution in [3.63, 3.8) is 0 Å². The van der Waals surface area contributed by atoms with Crippen molar-refractivity contribution in [2.45, 2.75) is 12.4 Å². The quantitative estimate of drug-likeness (QED) is 0.374. The molecule has 1 aliphatic heterocycles. The van der Waals surface area contributed by atoms with Gasteiger partial charge < -0.3 is 24.5 Å². The van der Waals surface area contributed by atoms with Crippen molar-refractivity contribution in [3.8, 4) is 5.75 Å². The molecule has 1 amide bonds. The van der Waals surface area contributed by atoms with Gasteiger partial charge in [-0.15, -0.1) is 0 Å². The van der Waals surface area contributed by atoms with Crippen molar-refractivity contribution in [2.24, 2.45) is 0 Å². The molecule has 0 fully saturated rings. The Balaban J connectivity index is 1.67. The number of fused-ring (bicyclic) bond motifs is 1. The van der Waals surface area contributed by atoms with Crippen molar-refractivity contribution >= 4 is 36.7 Å². The first-order chi connectivity index (χ1) is 14.9. The highest BCUT2D eigenvalue weighted by Crippen LogP contribution is 2.32. The number of carbonyl (C=O) groups is 3. The van der Waals surface area contributed by atoms with Crippen LogP contribution in [0, 0.1) is 5.82 Å². The molecule has 1 aliphatic rings. The monoisotopic (exact) mass is 447 g/mol. The molecule has 2 N–H and O–H groups in total. The summed E-state index contributed by atoms with van der Waals surface area (Å²) in [7, 11) is -1.48. The molecule has 0 aliphatic carbocycles. The summed E-state index contributed by atoms with van der Waals surface area (Å²) in [5.41, 5.74) is 0.151. The zero-order valence-corrected chi connectivity index (χ0v) is 17.3. The van der Waals surface area contributed by atoms with E-state index in [0.29, 0.717) is 5.56 Å². The van der Waals surface area contributed by atoms with Crippen LogP contribution in [0.5, 0.6) is 5.75 Å². The number of esters is 2. The van der Waals surface area contributed by atoms with Gasteiger partial charge in [0.05, 0.1) is 17.3 Å². The van der Waals surface area contributed by atoms with Gasteiger partial charge in [-0.25, -0.2) is 14.0 Å². The lowest BCUT2D eigenvalue weighted by molar-refractivity contribution is -0.119. The molecule has 8 nitrogen and oxygen atoms in total. The highest BCUT2D eigenvalue weighted by molar-refractivity contribution is 7.99. The zero-order valence-electron chi connectivity index (χ0n) is 16.5. The topological polar surface area (TPSA) is 111 Å². The molecular formula is C20H19BFNO7S. The average Bonchev–Trinajstić information content (AvgIpc) is 2.75. The number of carbonyl (C=O) groups excluding carboxylic acids is 3. The Kier molecular flexibility index (Phi) is 7.53. The van der Waals surface area contributed by atoms with E-state index in [1.165, 1.54) is 30.0 Å². The van der Waals surface area contributed by atoms with Crippen LogP contribution in [0.15, 0.2) is 42.5 Å². The summed E-state index contributed by atoms with van der Waals surface area (Å²) in [5, 5.41) is 12.9. The second-order valence-corrected chi connectivity index (χ2v) is 7.44. The molecule has 0 radical (unpaired) electrons. The minimum absolute atomic E-state index is 0.125. The predicted molar refractivity (Wildman–Crippen MR) is 111 cm³/mol. The van der Waals surface area contributed by atoms with Crippen LogP contribution in [0.25, 0.3) is 0 Å². The number of hydrogen-bond donors (Lipinski definition) is 2. The lowest BCUT2D eigenvalue weighted by atomic mass is 9.72. The van der Waals surface area contributed by atoms with E-state index in [9.17, 15) is 23.8 Å². The summed E-state index contributed by atoms with van der Waals surface area (Å²) in [6.45, 7) is -0.731. The smallest absolute Gasteiger partial charge is 0.534 e. The Bertz CT molecular complexity index is 976. The lowest BCUT2D eigenvalue weighted by Gasteiger charge is -2.29. The van der Waals surface area contributed by atoms with Crippen LogP contribution in [0.4, 0.5) is 4.39 Å². The van der Waals surface area contributed by atoms with Crippen LogP contribution in [0.1, 0.15) is 26.3 Å². The largest absolute Gasteiger partial charge is 0.547 e. The maximum atomic E-state index is 14.4. The van der Waals surface area contributed by atoms with Crippen LogP contribution >= 0.6 is 11.8 Å². The van der Waals surface area contributed by atoms with E-state index in [4.69, 9.17) is 14.1 Å². The van der Waals surface area contributed by atoms with E-state index in [1.54, 1.807) is 24.5 Å². The van der Waals surface area contributed by atoms with Crippen molar-refractivity contribution in [1.82, 2.24) is 5.32 Å². The molecule has 162 valence electrons. The molecule has 2 aromatic carbocycles. The molecule has 3 rings (SSSR count). The zero-order chi connectivity index (χ0) is 22.4. The molecule has 11 heteroatoms. The average molecular weight is 447 g/mol. The van der Waals surface area contributed by atoms with Crippen LogP contribution < -0.4 is 9.97 Å². The van der Waals surface area contributed by atoms with E-state index >= 15 is 0 Å². The summed E-state index contributed by atoms with van der Waals surface area (Å²) in [4.78, 5) is 36.1. The summed E-state index contributed by atoms with van der Waals surface area (Å²) < 4.78 is 29.4. The maximum Gasteiger partial charge on any atom is 0.547 e. The van der Waals surface area contributed by atoms with Gasteiger partial charge in [-0.05, 0) is 36.4 Å². The SMILES string of the molecule is CSCC(=O)N[C@H]1Cc2ccc(F)c(C(=O)OCOC(=O)c3ccccc3)c2OB1O. The summed E-state index contributed by atoms with van der Waals surface area (Å²) >= 11 is 1.32. The molecule has 2 aromatic rings. The summed E-state index contributed by atoms with van der Waals surface area (Å²) in [5.74, 6) is -3.76. The van der Waals surface area contributed by atoms with Gasteiger partial charge in [-0.2, -0.15) is 11.8 Å². The molecule has 0 aromatic heterocycles. The molecule has 0 bridgehead atoms. The summed E-state index contributed by atoms with van der Waals surface area (Å²) in [6.07, 6.45) is 1.89. The van der Waals surface area contributed by atoms with E-state index in [1.807, 2.05) is 0 Å². The van der Waals surface area contributed by atoms with E-state index < -0.39 is 43.2 Å². The van der Waals surface area contributed by atoms with Crippen LogP contribution in [0.3, 0.4) is 0 Å². The Morgan fingerprint density at radius 2 is 1.90 bits per heavy atom. The molecular weight excluding hydrogens is 428 g/mol. The molecule has 0 saturated carbocycles. The number of nitrogens with one attached hydrogen (secondary N) is 1. The molecule has 0 spiro atoms. The fourth-order valence-electron chi connectivity index (χ4n) is 3.00. The first-order valence-electron chi connectivity index (χ1n) is 9.24. The number of thioether (sulfide) groups is 1. The Morgan fingerprint density at radius 3 is 2.61 bits per heavy atom. The normalized spacial score (nSPS) is 14.8. The van der Waals surface area contributed by atoms with Crippen molar-refractivity contribution in [3.05, 3.63) is 65.0 Å². The van der Waals surface area contributed by atoms with Gasteiger partial charge in [0.2, 0.25) is 12.7 Å². The maximum absolute atomic E-state index is 14.4. The third kappa shape index (κ3) is 5.56. The number of halogens is 1. The first kappa shape index (κ1) is 22.6. The molecule has 0 unspecified atom stereocenters. The van der Waals surface area contributed by atoms with Gasteiger partial charge in [0.25, 0.3) is 0 Å².